The van der Waals surface area contributed by atoms with Gasteiger partial charge in [0.1, 0.15) is 0 Å². The summed E-state index contributed by atoms with van der Waals surface area (Å²) in [6, 6.07) is -0.387. The SMILES string of the molecule is C=CCNC(=O)CN1CCN(C(=O)[C@@H](N)CCC)CC1. The normalized spacial score (nSPS) is 17.6. The Morgan fingerprint density at radius 3 is 2.55 bits per heavy atom. The average molecular weight is 282 g/mol. The highest BCUT2D eigenvalue weighted by Crippen LogP contribution is 2.05. The molecule has 0 aromatic rings. The van der Waals surface area contributed by atoms with Crippen LogP contribution < -0.4 is 11.1 Å². The molecule has 0 radical (unpaired) electrons. The lowest BCUT2D eigenvalue weighted by atomic mass is 10.1. The molecule has 0 spiro atoms. The Morgan fingerprint density at radius 2 is 2.00 bits per heavy atom. The summed E-state index contributed by atoms with van der Waals surface area (Å²) < 4.78 is 0. The van der Waals surface area contributed by atoms with Crippen LogP contribution in [0, 0.1) is 0 Å². The van der Waals surface area contributed by atoms with Gasteiger partial charge in [0, 0.05) is 32.7 Å². The van der Waals surface area contributed by atoms with Crippen LogP contribution >= 0.6 is 0 Å². The minimum absolute atomic E-state index is 0.00707. The molecular weight excluding hydrogens is 256 g/mol. The third-order valence-corrected chi connectivity index (χ3v) is 3.41. The van der Waals surface area contributed by atoms with E-state index in [0.717, 1.165) is 12.8 Å². The first-order valence-corrected chi connectivity index (χ1v) is 7.22. The van der Waals surface area contributed by atoms with E-state index in [1.54, 1.807) is 11.0 Å². The number of nitrogens with one attached hydrogen (secondary N) is 1. The third kappa shape index (κ3) is 5.30. The molecule has 1 aliphatic heterocycles. The summed E-state index contributed by atoms with van der Waals surface area (Å²) in [6.07, 6.45) is 3.29. The van der Waals surface area contributed by atoms with Crippen LogP contribution in [0.2, 0.25) is 0 Å². The van der Waals surface area contributed by atoms with Gasteiger partial charge < -0.3 is 16.0 Å². The molecule has 0 aromatic heterocycles. The number of piperazine rings is 1. The van der Waals surface area contributed by atoms with E-state index in [1.807, 2.05) is 11.8 Å². The molecular formula is C14H26N4O2. The topological polar surface area (TPSA) is 78.7 Å². The molecule has 1 atom stereocenters. The summed E-state index contributed by atoms with van der Waals surface area (Å²) in [5.41, 5.74) is 5.85. The van der Waals surface area contributed by atoms with Gasteiger partial charge in [0.2, 0.25) is 11.8 Å². The van der Waals surface area contributed by atoms with Crippen LogP contribution in [0.1, 0.15) is 19.8 Å². The second-order valence-electron chi connectivity index (χ2n) is 5.09. The largest absolute Gasteiger partial charge is 0.352 e. The van der Waals surface area contributed by atoms with Gasteiger partial charge in [-0.3, -0.25) is 14.5 Å². The molecule has 1 rings (SSSR count). The van der Waals surface area contributed by atoms with Crippen molar-refractivity contribution in [2.75, 3.05) is 39.3 Å². The number of hydrogen-bond acceptors (Lipinski definition) is 4. The Bertz CT molecular complexity index is 338. The molecule has 0 saturated carbocycles. The first-order chi connectivity index (χ1) is 9.58. The van der Waals surface area contributed by atoms with Crippen molar-refractivity contribution in [1.82, 2.24) is 15.1 Å². The molecule has 6 heteroatoms. The van der Waals surface area contributed by atoms with E-state index in [4.69, 9.17) is 5.73 Å². The Labute approximate surface area is 121 Å². The highest BCUT2D eigenvalue weighted by molar-refractivity contribution is 5.82. The van der Waals surface area contributed by atoms with E-state index in [2.05, 4.69) is 11.9 Å². The summed E-state index contributed by atoms with van der Waals surface area (Å²) in [6.45, 7) is 9.15. The number of rotatable bonds is 7. The standard InChI is InChI=1S/C14H26N4O2/c1-3-5-12(15)14(20)18-9-7-17(8-10-18)11-13(19)16-6-4-2/h4,12H,2-3,5-11,15H2,1H3,(H,16,19)/t12-/m0/s1. The van der Waals surface area contributed by atoms with Crippen LogP contribution in [-0.2, 0) is 9.59 Å². The van der Waals surface area contributed by atoms with Crippen LogP contribution in [0.5, 0.6) is 0 Å². The monoisotopic (exact) mass is 282 g/mol. The number of carbonyl (C=O) groups is 2. The number of nitrogens with zero attached hydrogens (tertiary/aromatic N) is 2. The quantitative estimate of drug-likeness (QED) is 0.621. The van der Waals surface area contributed by atoms with Gasteiger partial charge in [0.15, 0.2) is 0 Å². The van der Waals surface area contributed by atoms with Crippen molar-refractivity contribution >= 4 is 11.8 Å². The number of hydrogen-bond donors (Lipinski definition) is 2. The van der Waals surface area contributed by atoms with Gasteiger partial charge in [-0.2, -0.15) is 0 Å². The number of amides is 2. The number of carbonyl (C=O) groups excluding carboxylic acids is 2. The smallest absolute Gasteiger partial charge is 0.239 e. The predicted octanol–water partition coefficient (Wildman–Crippen LogP) is -0.440. The first-order valence-electron chi connectivity index (χ1n) is 7.22. The molecule has 0 aromatic carbocycles. The van der Waals surface area contributed by atoms with Gasteiger partial charge in [0.25, 0.3) is 0 Å². The summed E-state index contributed by atoms with van der Waals surface area (Å²) in [5, 5.41) is 2.75. The second kappa shape index (κ2) is 8.71. The van der Waals surface area contributed by atoms with Crippen molar-refractivity contribution < 1.29 is 9.59 Å². The lowest BCUT2D eigenvalue weighted by molar-refractivity contribution is -0.134. The summed E-state index contributed by atoms with van der Waals surface area (Å²) in [7, 11) is 0. The fraction of sp³-hybridized carbons (Fsp3) is 0.714. The third-order valence-electron chi connectivity index (χ3n) is 3.41. The number of nitrogens with two attached hydrogens (primary N) is 1. The van der Waals surface area contributed by atoms with E-state index in [9.17, 15) is 9.59 Å². The van der Waals surface area contributed by atoms with Gasteiger partial charge >= 0.3 is 0 Å². The zero-order valence-electron chi connectivity index (χ0n) is 12.3. The average Bonchev–Trinajstić information content (AvgIpc) is 2.45. The van der Waals surface area contributed by atoms with Crippen LogP contribution in [0.4, 0.5) is 0 Å². The van der Waals surface area contributed by atoms with Crippen LogP contribution in [-0.4, -0.2) is 66.9 Å². The van der Waals surface area contributed by atoms with Crippen molar-refractivity contribution in [1.29, 1.82) is 0 Å². The van der Waals surface area contributed by atoms with Crippen molar-refractivity contribution in [2.45, 2.75) is 25.8 Å². The molecule has 114 valence electrons. The van der Waals surface area contributed by atoms with E-state index in [0.29, 0.717) is 39.3 Å². The molecule has 1 heterocycles. The maximum absolute atomic E-state index is 12.1. The summed E-state index contributed by atoms with van der Waals surface area (Å²) >= 11 is 0. The first kappa shape index (κ1) is 16.7. The van der Waals surface area contributed by atoms with Crippen molar-refractivity contribution in [2.24, 2.45) is 5.73 Å². The summed E-state index contributed by atoms with van der Waals surface area (Å²) in [5.74, 6) is 0.0231. The highest BCUT2D eigenvalue weighted by atomic mass is 16.2. The van der Waals surface area contributed by atoms with E-state index >= 15 is 0 Å². The van der Waals surface area contributed by atoms with Gasteiger partial charge in [-0.05, 0) is 6.42 Å². The Balaban J connectivity index is 2.30. The van der Waals surface area contributed by atoms with Gasteiger partial charge in [-0.1, -0.05) is 19.4 Å². The molecule has 0 bridgehead atoms. The van der Waals surface area contributed by atoms with Crippen LogP contribution in [0.25, 0.3) is 0 Å². The lowest BCUT2D eigenvalue weighted by Crippen LogP contribution is -2.54. The van der Waals surface area contributed by atoms with E-state index in [-0.39, 0.29) is 17.9 Å². The van der Waals surface area contributed by atoms with Gasteiger partial charge in [-0.15, -0.1) is 6.58 Å². The molecule has 1 aliphatic rings. The van der Waals surface area contributed by atoms with Crippen molar-refractivity contribution in [3.05, 3.63) is 12.7 Å². The Morgan fingerprint density at radius 1 is 1.35 bits per heavy atom. The molecule has 1 saturated heterocycles. The Hall–Kier alpha value is -1.40. The van der Waals surface area contributed by atoms with Gasteiger partial charge in [0.05, 0.1) is 12.6 Å². The van der Waals surface area contributed by atoms with Crippen molar-refractivity contribution in [3.63, 3.8) is 0 Å². The minimum atomic E-state index is -0.387. The second-order valence-corrected chi connectivity index (χ2v) is 5.09. The molecule has 1 fully saturated rings. The lowest BCUT2D eigenvalue weighted by Gasteiger charge is -2.35. The molecule has 20 heavy (non-hydrogen) atoms. The van der Waals surface area contributed by atoms with Crippen LogP contribution in [0.15, 0.2) is 12.7 Å². The molecule has 0 unspecified atom stereocenters. The van der Waals surface area contributed by atoms with Crippen molar-refractivity contribution in [3.8, 4) is 0 Å². The Kier molecular flexibility index (Phi) is 7.25. The highest BCUT2D eigenvalue weighted by Gasteiger charge is 2.25. The molecule has 6 nitrogen and oxygen atoms in total. The fourth-order valence-electron chi connectivity index (χ4n) is 2.24. The maximum atomic E-state index is 12.1. The molecule has 0 aliphatic carbocycles. The zero-order valence-corrected chi connectivity index (χ0v) is 12.3. The van der Waals surface area contributed by atoms with Crippen LogP contribution in [0.3, 0.4) is 0 Å². The molecule has 3 N–H and O–H groups in total. The minimum Gasteiger partial charge on any atom is -0.352 e. The predicted molar refractivity (Wildman–Crippen MR) is 79.1 cm³/mol. The van der Waals surface area contributed by atoms with E-state index < -0.39 is 0 Å². The maximum Gasteiger partial charge on any atom is 0.239 e. The fourth-order valence-corrected chi connectivity index (χ4v) is 2.24. The molecule has 2 amide bonds. The van der Waals surface area contributed by atoms with Gasteiger partial charge in [-0.25, -0.2) is 0 Å². The zero-order chi connectivity index (χ0) is 15.0. The van der Waals surface area contributed by atoms with E-state index in [1.165, 1.54) is 0 Å². The summed E-state index contributed by atoms with van der Waals surface area (Å²) in [4.78, 5) is 27.5.